The van der Waals surface area contributed by atoms with E-state index in [1.54, 1.807) is 12.1 Å². The highest BCUT2D eigenvalue weighted by atomic mass is 35.5. The zero-order chi connectivity index (χ0) is 14.4. The highest BCUT2D eigenvalue weighted by molar-refractivity contribution is 6.35. The Bertz CT molecular complexity index is 975. The van der Waals surface area contributed by atoms with Gasteiger partial charge in [-0.25, -0.2) is 9.37 Å². The second-order valence-electron chi connectivity index (χ2n) is 4.87. The number of nitrogens with zero attached hydrogens (tertiary/aromatic N) is 1. The lowest BCUT2D eigenvalue weighted by Crippen LogP contribution is -1.86. The van der Waals surface area contributed by atoms with Crippen molar-refractivity contribution in [3.63, 3.8) is 0 Å². The van der Waals surface area contributed by atoms with Gasteiger partial charge in [0, 0.05) is 22.5 Å². The molecule has 0 saturated carbocycles. The number of para-hydroxylation sites is 1. The normalized spacial score (nSPS) is 11.3. The zero-order valence-electron chi connectivity index (χ0n) is 10.9. The smallest absolute Gasteiger partial charge is 0.132 e. The molecule has 21 heavy (non-hydrogen) atoms. The molecule has 4 aromatic rings. The van der Waals surface area contributed by atoms with E-state index in [0.29, 0.717) is 15.9 Å². The van der Waals surface area contributed by atoms with Crippen LogP contribution >= 0.6 is 11.6 Å². The molecule has 0 atom stereocenters. The summed E-state index contributed by atoms with van der Waals surface area (Å²) in [6, 6.07) is 14.2. The number of aromatic nitrogens is 2. The van der Waals surface area contributed by atoms with Gasteiger partial charge in [-0.3, -0.25) is 0 Å². The molecule has 2 aromatic carbocycles. The predicted octanol–water partition coefficient (Wildman–Crippen LogP) is 5.18. The fourth-order valence-electron chi connectivity index (χ4n) is 2.60. The molecule has 0 radical (unpaired) electrons. The number of aromatic amines is 1. The number of pyridine rings is 1. The topological polar surface area (TPSA) is 28.7 Å². The largest absolute Gasteiger partial charge is 0.359 e. The van der Waals surface area contributed by atoms with Crippen molar-refractivity contribution >= 4 is 33.4 Å². The van der Waals surface area contributed by atoms with Gasteiger partial charge in [-0.1, -0.05) is 29.8 Å². The molecule has 4 rings (SSSR count). The minimum atomic E-state index is -0.256. The maximum Gasteiger partial charge on any atom is 0.132 e. The molecule has 102 valence electrons. The minimum Gasteiger partial charge on any atom is -0.359 e. The summed E-state index contributed by atoms with van der Waals surface area (Å²) >= 11 is 6.17. The van der Waals surface area contributed by atoms with Crippen LogP contribution in [-0.2, 0) is 0 Å². The van der Waals surface area contributed by atoms with Crippen LogP contribution in [0.4, 0.5) is 4.39 Å². The van der Waals surface area contributed by atoms with Crippen LogP contribution in [0.1, 0.15) is 0 Å². The molecule has 0 fully saturated rings. The number of hydrogen-bond donors (Lipinski definition) is 1. The molecular weight excluding hydrogens is 287 g/mol. The van der Waals surface area contributed by atoms with E-state index in [-0.39, 0.29) is 5.82 Å². The SMILES string of the molecule is Fc1cccc2nc(-c3c[nH]c4c(Cl)cccc34)ccc12. The maximum absolute atomic E-state index is 13.7. The van der Waals surface area contributed by atoms with Crippen molar-refractivity contribution in [3.8, 4) is 11.3 Å². The Morgan fingerprint density at radius 3 is 2.71 bits per heavy atom. The lowest BCUT2D eigenvalue weighted by Gasteiger charge is -2.03. The molecule has 0 spiro atoms. The summed E-state index contributed by atoms with van der Waals surface area (Å²) in [5.74, 6) is -0.256. The lowest BCUT2D eigenvalue weighted by molar-refractivity contribution is 0.639. The van der Waals surface area contributed by atoms with Gasteiger partial charge in [-0.15, -0.1) is 0 Å². The minimum absolute atomic E-state index is 0.256. The second kappa shape index (κ2) is 4.57. The van der Waals surface area contributed by atoms with Gasteiger partial charge in [0.1, 0.15) is 5.82 Å². The van der Waals surface area contributed by atoms with Gasteiger partial charge >= 0.3 is 0 Å². The van der Waals surface area contributed by atoms with Crippen molar-refractivity contribution in [2.24, 2.45) is 0 Å². The third-order valence-corrected chi connectivity index (χ3v) is 3.93. The monoisotopic (exact) mass is 296 g/mol. The van der Waals surface area contributed by atoms with Crippen LogP contribution in [0.5, 0.6) is 0 Å². The van der Waals surface area contributed by atoms with E-state index in [0.717, 1.165) is 22.2 Å². The summed E-state index contributed by atoms with van der Waals surface area (Å²) in [6.45, 7) is 0. The Hall–Kier alpha value is -2.39. The summed E-state index contributed by atoms with van der Waals surface area (Å²) in [4.78, 5) is 7.72. The first-order chi connectivity index (χ1) is 10.2. The molecule has 0 aliphatic rings. The van der Waals surface area contributed by atoms with Gasteiger partial charge < -0.3 is 4.98 Å². The number of fused-ring (bicyclic) bond motifs is 2. The van der Waals surface area contributed by atoms with Crippen molar-refractivity contribution in [3.05, 3.63) is 65.6 Å². The standard InChI is InChI=1S/C17H10ClFN2/c18-13-4-1-3-10-12(9-20-17(10)13)16-8-7-11-14(19)5-2-6-15(11)21-16/h1-9,20H. The van der Waals surface area contributed by atoms with Crippen LogP contribution in [-0.4, -0.2) is 9.97 Å². The van der Waals surface area contributed by atoms with E-state index in [9.17, 15) is 4.39 Å². The number of halogens is 2. The van der Waals surface area contributed by atoms with Crippen LogP contribution < -0.4 is 0 Å². The number of rotatable bonds is 1. The quantitative estimate of drug-likeness (QED) is 0.515. The first kappa shape index (κ1) is 12.4. The third kappa shape index (κ3) is 1.89. The molecule has 0 bridgehead atoms. The Morgan fingerprint density at radius 2 is 1.81 bits per heavy atom. The molecule has 2 nitrogen and oxygen atoms in total. The van der Waals surface area contributed by atoms with Crippen molar-refractivity contribution in [1.82, 2.24) is 9.97 Å². The van der Waals surface area contributed by atoms with E-state index in [4.69, 9.17) is 11.6 Å². The van der Waals surface area contributed by atoms with Crippen molar-refractivity contribution in [1.29, 1.82) is 0 Å². The summed E-state index contributed by atoms with van der Waals surface area (Å²) < 4.78 is 13.7. The Kier molecular flexibility index (Phi) is 2.69. The highest BCUT2D eigenvalue weighted by Gasteiger charge is 2.10. The molecule has 0 aliphatic heterocycles. The first-order valence-electron chi connectivity index (χ1n) is 6.55. The zero-order valence-corrected chi connectivity index (χ0v) is 11.7. The van der Waals surface area contributed by atoms with E-state index >= 15 is 0 Å². The summed E-state index contributed by atoms with van der Waals surface area (Å²) in [7, 11) is 0. The predicted molar refractivity (Wildman–Crippen MR) is 84.0 cm³/mol. The Morgan fingerprint density at radius 1 is 0.952 bits per heavy atom. The second-order valence-corrected chi connectivity index (χ2v) is 5.27. The molecule has 2 aromatic heterocycles. The van der Waals surface area contributed by atoms with E-state index in [2.05, 4.69) is 9.97 Å². The molecular formula is C17H10ClFN2. The fourth-order valence-corrected chi connectivity index (χ4v) is 2.83. The van der Waals surface area contributed by atoms with Crippen LogP contribution in [0.25, 0.3) is 33.1 Å². The first-order valence-corrected chi connectivity index (χ1v) is 6.93. The lowest BCUT2D eigenvalue weighted by atomic mass is 10.1. The van der Waals surface area contributed by atoms with Gasteiger partial charge in [-0.05, 0) is 30.3 Å². The van der Waals surface area contributed by atoms with Gasteiger partial charge in [0.15, 0.2) is 0 Å². The van der Waals surface area contributed by atoms with Crippen molar-refractivity contribution in [2.45, 2.75) is 0 Å². The molecule has 1 N–H and O–H groups in total. The summed E-state index contributed by atoms with van der Waals surface area (Å²) in [6.07, 6.45) is 1.88. The van der Waals surface area contributed by atoms with Crippen LogP contribution in [0.2, 0.25) is 5.02 Å². The Labute approximate surface area is 125 Å². The molecule has 4 heteroatoms. The van der Waals surface area contributed by atoms with Gasteiger partial charge in [0.2, 0.25) is 0 Å². The van der Waals surface area contributed by atoms with Gasteiger partial charge in [0.25, 0.3) is 0 Å². The van der Waals surface area contributed by atoms with E-state index in [1.165, 1.54) is 6.07 Å². The number of nitrogens with one attached hydrogen (secondary N) is 1. The van der Waals surface area contributed by atoms with Gasteiger partial charge in [0.05, 0.1) is 21.7 Å². The summed E-state index contributed by atoms with van der Waals surface area (Å²) in [5.41, 5.74) is 3.28. The fraction of sp³-hybridized carbons (Fsp3) is 0. The maximum atomic E-state index is 13.7. The molecule has 0 saturated heterocycles. The van der Waals surface area contributed by atoms with Crippen molar-refractivity contribution < 1.29 is 4.39 Å². The summed E-state index contributed by atoms with van der Waals surface area (Å²) in [5, 5.41) is 2.20. The van der Waals surface area contributed by atoms with Crippen LogP contribution in [0.15, 0.2) is 54.7 Å². The number of H-pyrrole nitrogens is 1. The van der Waals surface area contributed by atoms with E-state index < -0.39 is 0 Å². The Balaban J connectivity index is 1.98. The average molecular weight is 297 g/mol. The molecule has 0 amide bonds. The average Bonchev–Trinajstić information content (AvgIpc) is 2.92. The van der Waals surface area contributed by atoms with Crippen molar-refractivity contribution in [2.75, 3.05) is 0 Å². The third-order valence-electron chi connectivity index (χ3n) is 3.62. The van der Waals surface area contributed by atoms with E-state index in [1.807, 2.05) is 36.5 Å². The molecule has 0 unspecified atom stereocenters. The molecule has 0 aliphatic carbocycles. The van der Waals surface area contributed by atoms with Gasteiger partial charge in [-0.2, -0.15) is 0 Å². The van der Waals surface area contributed by atoms with Crippen LogP contribution in [0, 0.1) is 5.82 Å². The number of hydrogen-bond acceptors (Lipinski definition) is 1. The molecule has 2 heterocycles. The highest BCUT2D eigenvalue weighted by Crippen LogP contribution is 2.32. The van der Waals surface area contributed by atoms with Crippen LogP contribution in [0.3, 0.4) is 0 Å². The number of benzene rings is 2.